The molecule has 0 aliphatic carbocycles. The van der Waals surface area contributed by atoms with Crippen molar-refractivity contribution in [3.63, 3.8) is 0 Å². The second-order valence-electron chi connectivity index (χ2n) is 6.23. The van der Waals surface area contributed by atoms with Crippen LogP contribution >= 0.6 is 0 Å². The number of likely N-dealkylation sites (N-methyl/N-ethyl adjacent to an activating group) is 1. The number of carbonyl (C=O) groups excluding carboxylic acids is 1. The minimum absolute atomic E-state index is 0.0358. The normalized spacial score (nSPS) is 18.1. The first kappa shape index (κ1) is 16.9. The van der Waals surface area contributed by atoms with E-state index < -0.39 is 0 Å². The highest BCUT2D eigenvalue weighted by atomic mass is 16.1. The van der Waals surface area contributed by atoms with Crippen LogP contribution < -0.4 is 10.6 Å². The molecular weight excluding hydrogens is 276 g/mol. The lowest BCUT2D eigenvalue weighted by molar-refractivity contribution is -0.119. The van der Waals surface area contributed by atoms with E-state index >= 15 is 0 Å². The summed E-state index contributed by atoms with van der Waals surface area (Å²) in [7, 11) is 4.03. The van der Waals surface area contributed by atoms with E-state index in [1.807, 2.05) is 26.1 Å². The summed E-state index contributed by atoms with van der Waals surface area (Å²) in [6.07, 6.45) is 0. The first-order chi connectivity index (χ1) is 10.6. The molecule has 0 bridgehead atoms. The monoisotopic (exact) mass is 304 g/mol. The predicted molar refractivity (Wildman–Crippen MR) is 90.9 cm³/mol. The van der Waals surface area contributed by atoms with Crippen molar-refractivity contribution in [2.24, 2.45) is 5.92 Å². The molecule has 122 valence electrons. The average molecular weight is 304 g/mol. The molecule has 1 atom stereocenters. The number of nitrogens with zero attached hydrogens (tertiary/aromatic N) is 2. The van der Waals surface area contributed by atoms with Crippen molar-refractivity contribution in [2.45, 2.75) is 13.5 Å². The first-order valence-electron chi connectivity index (χ1n) is 8.04. The van der Waals surface area contributed by atoms with Gasteiger partial charge < -0.3 is 15.5 Å². The fourth-order valence-corrected chi connectivity index (χ4v) is 2.68. The molecule has 1 fully saturated rings. The number of piperazine rings is 1. The summed E-state index contributed by atoms with van der Waals surface area (Å²) in [5.74, 6) is 0.0254. The molecule has 1 aromatic carbocycles. The summed E-state index contributed by atoms with van der Waals surface area (Å²) < 4.78 is 0. The zero-order valence-corrected chi connectivity index (χ0v) is 13.9. The Morgan fingerprint density at radius 3 is 2.68 bits per heavy atom. The molecule has 1 aliphatic heterocycles. The smallest absolute Gasteiger partial charge is 0.228 e. The summed E-state index contributed by atoms with van der Waals surface area (Å²) in [5, 5.41) is 6.04. The largest absolute Gasteiger partial charge is 0.326 e. The zero-order chi connectivity index (χ0) is 15.9. The standard InChI is InChI=1S/C17H28N4O/c1-14(12-18-2)17(22)19-16-6-4-5-15(11-16)13-21-9-7-20(3)8-10-21/h4-6,11,14,18H,7-10,12-13H2,1-3H3,(H,19,22). The van der Waals surface area contributed by atoms with Gasteiger partial charge in [-0.15, -0.1) is 0 Å². The van der Waals surface area contributed by atoms with Crippen LogP contribution in [0.3, 0.4) is 0 Å². The van der Waals surface area contributed by atoms with E-state index in [0.29, 0.717) is 6.54 Å². The van der Waals surface area contributed by atoms with Gasteiger partial charge in [-0.25, -0.2) is 0 Å². The fraction of sp³-hybridized carbons (Fsp3) is 0.588. The number of hydrogen-bond acceptors (Lipinski definition) is 4. The summed E-state index contributed by atoms with van der Waals surface area (Å²) in [5.41, 5.74) is 2.14. The zero-order valence-electron chi connectivity index (χ0n) is 13.9. The quantitative estimate of drug-likeness (QED) is 0.830. The van der Waals surface area contributed by atoms with Crippen LogP contribution in [0.2, 0.25) is 0 Å². The third kappa shape index (κ3) is 5.09. The van der Waals surface area contributed by atoms with Crippen LogP contribution in [0, 0.1) is 5.92 Å². The third-order valence-corrected chi connectivity index (χ3v) is 4.15. The maximum atomic E-state index is 12.1. The Labute approximate surface area is 133 Å². The molecule has 0 radical (unpaired) electrons. The first-order valence-corrected chi connectivity index (χ1v) is 8.04. The highest BCUT2D eigenvalue weighted by Gasteiger charge is 2.15. The molecule has 1 amide bonds. The minimum Gasteiger partial charge on any atom is -0.326 e. The Balaban J connectivity index is 1.91. The van der Waals surface area contributed by atoms with E-state index in [2.05, 4.69) is 39.6 Å². The van der Waals surface area contributed by atoms with Crippen LogP contribution in [0.25, 0.3) is 0 Å². The molecule has 0 saturated carbocycles. The van der Waals surface area contributed by atoms with E-state index in [0.717, 1.165) is 38.4 Å². The van der Waals surface area contributed by atoms with Crippen molar-refractivity contribution < 1.29 is 4.79 Å². The van der Waals surface area contributed by atoms with Crippen LogP contribution in [0.15, 0.2) is 24.3 Å². The summed E-state index contributed by atoms with van der Waals surface area (Å²) in [4.78, 5) is 16.9. The molecule has 22 heavy (non-hydrogen) atoms. The molecule has 1 heterocycles. The van der Waals surface area contributed by atoms with Gasteiger partial charge in [0.2, 0.25) is 5.91 Å². The SMILES string of the molecule is CNCC(C)C(=O)Nc1cccc(CN2CCN(C)CC2)c1. The molecule has 1 unspecified atom stereocenters. The van der Waals surface area contributed by atoms with Crippen molar-refractivity contribution >= 4 is 11.6 Å². The molecule has 2 N–H and O–H groups in total. The van der Waals surface area contributed by atoms with Crippen LogP contribution in [-0.4, -0.2) is 62.5 Å². The molecule has 0 aromatic heterocycles. The molecule has 0 spiro atoms. The molecule has 1 aliphatic rings. The van der Waals surface area contributed by atoms with Gasteiger partial charge in [0, 0.05) is 50.9 Å². The Morgan fingerprint density at radius 1 is 1.27 bits per heavy atom. The van der Waals surface area contributed by atoms with Gasteiger partial charge in [0.1, 0.15) is 0 Å². The third-order valence-electron chi connectivity index (χ3n) is 4.15. The molecule has 5 nitrogen and oxygen atoms in total. The van der Waals surface area contributed by atoms with Crippen molar-refractivity contribution in [1.82, 2.24) is 15.1 Å². The number of nitrogens with one attached hydrogen (secondary N) is 2. The molecule has 5 heteroatoms. The number of rotatable bonds is 6. The van der Waals surface area contributed by atoms with Gasteiger partial charge in [-0.05, 0) is 31.8 Å². The van der Waals surface area contributed by atoms with Gasteiger partial charge >= 0.3 is 0 Å². The maximum absolute atomic E-state index is 12.1. The van der Waals surface area contributed by atoms with Crippen LogP contribution in [0.4, 0.5) is 5.69 Å². The predicted octanol–water partition coefficient (Wildman–Crippen LogP) is 1.23. The van der Waals surface area contributed by atoms with Gasteiger partial charge in [0.15, 0.2) is 0 Å². The fourth-order valence-electron chi connectivity index (χ4n) is 2.68. The summed E-state index contributed by atoms with van der Waals surface area (Å²) in [6, 6.07) is 8.19. The Hall–Kier alpha value is -1.43. The Bertz CT molecular complexity index is 483. The average Bonchev–Trinajstić information content (AvgIpc) is 2.50. The second kappa shape index (κ2) is 8.27. The van der Waals surface area contributed by atoms with Crippen LogP contribution in [0.1, 0.15) is 12.5 Å². The van der Waals surface area contributed by atoms with Gasteiger partial charge in [0.05, 0.1) is 0 Å². The van der Waals surface area contributed by atoms with E-state index in [-0.39, 0.29) is 11.8 Å². The minimum atomic E-state index is -0.0358. The summed E-state index contributed by atoms with van der Waals surface area (Å²) in [6.45, 7) is 8.02. The molecular formula is C17H28N4O. The topological polar surface area (TPSA) is 47.6 Å². The lowest BCUT2D eigenvalue weighted by Crippen LogP contribution is -2.43. The maximum Gasteiger partial charge on any atom is 0.228 e. The van der Waals surface area contributed by atoms with E-state index in [9.17, 15) is 4.79 Å². The van der Waals surface area contributed by atoms with E-state index in [1.165, 1.54) is 5.56 Å². The number of hydrogen-bond donors (Lipinski definition) is 2. The van der Waals surface area contributed by atoms with Crippen molar-refractivity contribution in [3.8, 4) is 0 Å². The lowest BCUT2D eigenvalue weighted by Gasteiger charge is -2.32. The summed E-state index contributed by atoms with van der Waals surface area (Å²) >= 11 is 0. The Morgan fingerprint density at radius 2 is 2.00 bits per heavy atom. The number of benzene rings is 1. The van der Waals surface area contributed by atoms with Gasteiger partial charge in [-0.1, -0.05) is 19.1 Å². The Kier molecular flexibility index (Phi) is 6.36. The molecule has 1 aromatic rings. The van der Waals surface area contributed by atoms with Crippen molar-refractivity contribution in [3.05, 3.63) is 29.8 Å². The lowest BCUT2D eigenvalue weighted by atomic mass is 10.1. The highest BCUT2D eigenvalue weighted by molar-refractivity contribution is 5.92. The highest BCUT2D eigenvalue weighted by Crippen LogP contribution is 2.14. The van der Waals surface area contributed by atoms with Gasteiger partial charge in [-0.3, -0.25) is 9.69 Å². The van der Waals surface area contributed by atoms with Gasteiger partial charge in [-0.2, -0.15) is 0 Å². The number of amides is 1. The van der Waals surface area contributed by atoms with Crippen LogP contribution in [0.5, 0.6) is 0 Å². The second-order valence-corrected chi connectivity index (χ2v) is 6.23. The van der Waals surface area contributed by atoms with Crippen molar-refractivity contribution in [1.29, 1.82) is 0 Å². The van der Waals surface area contributed by atoms with Crippen LogP contribution in [-0.2, 0) is 11.3 Å². The number of anilines is 1. The molecule has 2 rings (SSSR count). The van der Waals surface area contributed by atoms with E-state index in [1.54, 1.807) is 0 Å². The molecule has 1 saturated heterocycles. The van der Waals surface area contributed by atoms with Gasteiger partial charge in [0.25, 0.3) is 0 Å². The number of carbonyl (C=O) groups is 1. The van der Waals surface area contributed by atoms with Crippen molar-refractivity contribution in [2.75, 3.05) is 52.1 Å². The van der Waals surface area contributed by atoms with E-state index in [4.69, 9.17) is 0 Å².